The van der Waals surface area contributed by atoms with E-state index >= 15 is 0 Å². The largest absolute Gasteiger partial charge is 0.339 e. The van der Waals surface area contributed by atoms with Crippen molar-refractivity contribution < 1.29 is 0 Å². The van der Waals surface area contributed by atoms with Gasteiger partial charge in [0.1, 0.15) is 16.9 Å². The van der Waals surface area contributed by atoms with Crippen LogP contribution in [0.3, 0.4) is 0 Å². The second-order valence-electron chi connectivity index (χ2n) is 10.8. The van der Waals surface area contributed by atoms with E-state index in [0.717, 1.165) is 96.2 Å². The number of benzene rings is 2. The van der Waals surface area contributed by atoms with E-state index in [-0.39, 0.29) is 0 Å². The third-order valence-electron chi connectivity index (χ3n) is 7.51. The number of hydrogen-bond acceptors (Lipinski definition) is 4. The van der Waals surface area contributed by atoms with Crippen molar-refractivity contribution in [2.75, 3.05) is 11.9 Å². The molecule has 4 aromatic rings. The zero-order valence-corrected chi connectivity index (χ0v) is 24.6. The van der Waals surface area contributed by atoms with Gasteiger partial charge in [0.05, 0.1) is 5.52 Å². The summed E-state index contributed by atoms with van der Waals surface area (Å²) in [6.45, 7) is 5.10. The van der Waals surface area contributed by atoms with Crippen LogP contribution in [0.4, 0.5) is 11.5 Å². The molecule has 0 saturated carbocycles. The van der Waals surface area contributed by atoms with E-state index in [2.05, 4.69) is 88.5 Å². The second kappa shape index (κ2) is 16.3. The Hall–Kier alpha value is -4.01. The maximum absolute atomic E-state index is 8.29. The molecule has 0 atom stereocenters. The summed E-state index contributed by atoms with van der Waals surface area (Å²) in [5, 5.41) is 8.21. The molecule has 0 radical (unpaired) electrons. The van der Waals surface area contributed by atoms with E-state index in [1.807, 2.05) is 6.07 Å². The number of pyridine rings is 1. The van der Waals surface area contributed by atoms with Crippen molar-refractivity contribution in [3.8, 4) is 11.8 Å². The van der Waals surface area contributed by atoms with Gasteiger partial charge in [0.25, 0.3) is 0 Å². The predicted octanol–water partition coefficient (Wildman–Crippen LogP) is 10.3. The third-order valence-corrected chi connectivity index (χ3v) is 7.51. The van der Waals surface area contributed by atoms with E-state index in [4.69, 9.17) is 15.5 Å². The van der Waals surface area contributed by atoms with E-state index in [9.17, 15) is 0 Å². The van der Waals surface area contributed by atoms with Gasteiger partial charge in [-0.1, -0.05) is 93.9 Å². The Balaban J connectivity index is 1.36. The van der Waals surface area contributed by atoms with Crippen LogP contribution < -0.4 is 5.32 Å². The average Bonchev–Trinajstić information content (AvgIpc) is 3.45. The van der Waals surface area contributed by atoms with Gasteiger partial charge < -0.3 is 10.3 Å². The number of aromatic amines is 1. The molecular weight excluding hydrogens is 506 g/mol. The number of nitrogens with zero attached hydrogens (tertiary/aromatic N) is 5. The fourth-order valence-corrected chi connectivity index (χ4v) is 5.37. The molecule has 2 N–H and O–H groups in total. The standard InChI is InChI=1S/C34H43N7/c1-3-16-27(17-4-2)33-39-31-29-19-13-14-20-30(29)38-34(32(31)40-33)37-28-23-21-26(22-24-28)18-12-10-8-6-5-7-9-11-15-25-36-41-35/h13-14,19-24,27H,3-11,15-17,25H2,1-2H3,(H,37,38)(H,39,40). The van der Waals surface area contributed by atoms with Crippen molar-refractivity contribution in [1.82, 2.24) is 15.0 Å². The summed E-state index contributed by atoms with van der Waals surface area (Å²) in [6, 6.07) is 16.5. The summed E-state index contributed by atoms with van der Waals surface area (Å²) in [7, 11) is 0. The molecule has 2 heterocycles. The molecule has 214 valence electrons. The number of nitrogens with one attached hydrogen (secondary N) is 2. The zero-order chi connectivity index (χ0) is 28.7. The lowest BCUT2D eigenvalue weighted by Crippen LogP contribution is -2.00. The van der Waals surface area contributed by atoms with Crippen molar-refractivity contribution in [3.05, 3.63) is 70.4 Å². The monoisotopic (exact) mass is 549 g/mol. The Labute approximate surface area is 244 Å². The van der Waals surface area contributed by atoms with Gasteiger partial charge in [-0.05, 0) is 61.5 Å². The topological polar surface area (TPSA) is 102 Å². The van der Waals surface area contributed by atoms with Gasteiger partial charge in [0.2, 0.25) is 0 Å². The summed E-state index contributed by atoms with van der Waals surface area (Å²) in [4.78, 5) is 16.5. The number of anilines is 2. The van der Waals surface area contributed by atoms with Crippen LogP contribution in [-0.2, 0) is 0 Å². The molecule has 0 saturated heterocycles. The first-order valence-electron chi connectivity index (χ1n) is 15.4. The summed E-state index contributed by atoms with van der Waals surface area (Å²) < 4.78 is 0. The highest BCUT2D eigenvalue weighted by Crippen LogP contribution is 2.33. The SMILES string of the molecule is CCCC(CCC)c1nc2c([nH]1)c(Nc1ccc(C#CCCCCCCCCCN=[N+]=[N-])cc1)nc1ccccc12. The van der Waals surface area contributed by atoms with Crippen LogP contribution in [-0.4, -0.2) is 21.5 Å². The second-order valence-corrected chi connectivity index (χ2v) is 10.8. The van der Waals surface area contributed by atoms with Crippen LogP contribution in [0.2, 0.25) is 0 Å². The van der Waals surface area contributed by atoms with Crippen molar-refractivity contribution in [2.24, 2.45) is 5.11 Å². The molecule has 41 heavy (non-hydrogen) atoms. The molecule has 4 rings (SSSR count). The Kier molecular flexibility index (Phi) is 11.9. The minimum Gasteiger partial charge on any atom is -0.339 e. The molecule has 0 unspecified atom stereocenters. The van der Waals surface area contributed by atoms with Crippen molar-refractivity contribution in [3.63, 3.8) is 0 Å². The average molecular weight is 550 g/mol. The van der Waals surface area contributed by atoms with Gasteiger partial charge in [-0.3, -0.25) is 0 Å². The number of imidazole rings is 1. The molecule has 0 amide bonds. The van der Waals surface area contributed by atoms with Crippen molar-refractivity contribution in [1.29, 1.82) is 0 Å². The van der Waals surface area contributed by atoms with Crippen LogP contribution >= 0.6 is 0 Å². The van der Waals surface area contributed by atoms with Gasteiger partial charge in [0, 0.05) is 40.4 Å². The van der Waals surface area contributed by atoms with Gasteiger partial charge in [-0.25, -0.2) is 9.97 Å². The Bertz CT molecular complexity index is 1480. The Morgan fingerprint density at radius 1 is 0.902 bits per heavy atom. The van der Waals surface area contributed by atoms with Crippen LogP contribution in [0.5, 0.6) is 0 Å². The molecule has 0 spiro atoms. The number of H-pyrrole nitrogens is 1. The molecule has 2 aromatic carbocycles. The van der Waals surface area contributed by atoms with Gasteiger partial charge in [-0.15, -0.1) is 0 Å². The molecule has 0 aliphatic rings. The fraction of sp³-hybridized carbons (Fsp3) is 0.471. The van der Waals surface area contributed by atoms with E-state index in [1.165, 1.54) is 25.7 Å². The lowest BCUT2D eigenvalue weighted by atomic mass is 9.98. The lowest BCUT2D eigenvalue weighted by Gasteiger charge is -2.11. The molecule has 7 heteroatoms. The number of para-hydroxylation sites is 1. The maximum atomic E-state index is 8.29. The van der Waals surface area contributed by atoms with Crippen LogP contribution in [0, 0.1) is 11.8 Å². The highest BCUT2D eigenvalue weighted by Gasteiger charge is 2.18. The first-order chi connectivity index (χ1) is 20.2. The van der Waals surface area contributed by atoms with Crippen LogP contribution in [0.25, 0.3) is 32.4 Å². The third kappa shape index (κ3) is 8.74. The first kappa shape index (κ1) is 30.0. The number of unbranched alkanes of at least 4 members (excludes halogenated alkanes) is 7. The highest BCUT2D eigenvalue weighted by atomic mass is 15.1. The van der Waals surface area contributed by atoms with Crippen LogP contribution in [0.1, 0.15) is 108 Å². The normalized spacial score (nSPS) is 11.0. The van der Waals surface area contributed by atoms with Gasteiger partial charge in [0.15, 0.2) is 5.82 Å². The smallest absolute Gasteiger partial charge is 0.157 e. The minimum absolute atomic E-state index is 0.434. The van der Waals surface area contributed by atoms with Gasteiger partial charge >= 0.3 is 0 Å². The number of aromatic nitrogens is 3. The molecule has 0 aliphatic carbocycles. The summed E-state index contributed by atoms with van der Waals surface area (Å²) in [6.07, 6.45) is 13.7. The summed E-state index contributed by atoms with van der Waals surface area (Å²) in [5.41, 5.74) is 13.2. The molecular formula is C34H43N7. The molecule has 2 aromatic heterocycles. The van der Waals surface area contributed by atoms with E-state index in [1.54, 1.807) is 0 Å². The summed E-state index contributed by atoms with van der Waals surface area (Å²) in [5.74, 6) is 8.95. The number of fused-ring (bicyclic) bond motifs is 3. The predicted molar refractivity (Wildman–Crippen MR) is 172 cm³/mol. The quantitative estimate of drug-likeness (QED) is 0.0477. The molecule has 7 nitrogen and oxygen atoms in total. The van der Waals surface area contributed by atoms with E-state index in [0.29, 0.717) is 12.5 Å². The Morgan fingerprint density at radius 3 is 2.34 bits per heavy atom. The fourth-order valence-electron chi connectivity index (χ4n) is 5.37. The minimum atomic E-state index is 0.434. The van der Waals surface area contributed by atoms with Crippen LogP contribution in [0.15, 0.2) is 53.6 Å². The molecule has 0 fully saturated rings. The van der Waals surface area contributed by atoms with E-state index < -0.39 is 0 Å². The van der Waals surface area contributed by atoms with Gasteiger partial charge in [-0.2, -0.15) is 0 Å². The number of azide groups is 1. The number of rotatable bonds is 16. The van der Waals surface area contributed by atoms with Crippen molar-refractivity contribution in [2.45, 2.75) is 96.8 Å². The Morgan fingerprint density at radius 2 is 1.61 bits per heavy atom. The zero-order valence-electron chi connectivity index (χ0n) is 24.6. The first-order valence-corrected chi connectivity index (χ1v) is 15.4. The maximum Gasteiger partial charge on any atom is 0.157 e. The summed E-state index contributed by atoms with van der Waals surface area (Å²) >= 11 is 0. The highest BCUT2D eigenvalue weighted by molar-refractivity contribution is 6.07. The van der Waals surface area contributed by atoms with Crippen molar-refractivity contribution >= 4 is 33.4 Å². The molecule has 0 aliphatic heterocycles. The molecule has 0 bridgehead atoms. The number of hydrogen-bond donors (Lipinski definition) is 2. The lowest BCUT2D eigenvalue weighted by molar-refractivity contribution is 0.539.